The molecule has 0 atom stereocenters. The SMILES string of the molecule is CN1CCN(c2nc3ccc(C(F)(F)F)c(F)c3c3ncnn23)CC1. The third-order valence-corrected chi connectivity index (χ3v) is 4.39. The third-order valence-electron chi connectivity index (χ3n) is 4.39. The van der Waals surface area contributed by atoms with Gasteiger partial charge in [0.1, 0.15) is 12.1 Å². The molecule has 0 N–H and O–H groups in total. The van der Waals surface area contributed by atoms with Crippen LogP contribution in [0.4, 0.5) is 23.5 Å². The van der Waals surface area contributed by atoms with E-state index in [2.05, 4.69) is 20.0 Å². The van der Waals surface area contributed by atoms with E-state index < -0.39 is 17.6 Å². The van der Waals surface area contributed by atoms with Gasteiger partial charge in [0.25, 0.3) is 0 Å². The van der Waals surface area contributed by atoms with Crippen molar-refractivity contribution in [1.82, 2.24) is 24.5 Å². The first-order chi connectivity index (χ1) is 11.9. The predicted molar refractivity (Wildman–Crippen MR) is 83.0 cm³/mol. The summed E-state index contributed by atoms with van der Waals surface area (Å²) in [6.45, 7) is 3.01. The van der Waals surface area contributed by atoms with E-state index in [0.29, 0.717) is 25.1 Å². The molecule has 1 aromatic carbocycles. The van der Waals surface area contributed by atoms with Gasteiger partial charge in [0.15, 0.2) is 5.65 Å². The maximum Gasteiger partial charge on any atom is 0.419 e. The molecule has 1 aliphatic heterocycles. The van der Waals surface area contributed by atoms with Crippen molar-refractivity contribution in [2.45, 2.75) is 6.18 Å². The van der Waals surface area contributed by atoms with Crippen molar-refractivity contribution in [3.63, 3.8) is 0 Å². The van der Waals surface area contributed by atoms with Gasteiger partial charge < -0.3 is 9.80 Å². The Kier molecular flexibility index (Phi) is 3.53. The molecule has 1 fully saturated rings. The van der Waals surface area contributed by atoms with Gasteiger partial charge in [-0.25, -0.2) is 14.4 Å². The fourth-order valence-corrected chi connectivity index (χ4v) is 3.02. The van der Waals surface area contributed by atoms with E-state index in [9.17, 15) is 17.6 Å². The Morgan fingerprint density at radius 2 is 1.80 bits per heavy atom. The molecule has 25 heavy (non-hydrogen) atoms. The molecule has 1 aliphatic rings. The van der Waals surface area contributed by atoms with Crippen LogP contribution in [0.3, 0.4) is 0 Å². The van der Waals surface area contributed by atoms with E-state index in [4.69, 9.17) is 0 Å². The van der Waals surface area contributed by atoms with Crippen molar-refractivity contribution in [3.05, 3.63) is 29.8 Å². The van der Waals surface area contributed by atoms with Crippen LogP contribution in [0.2, 0.25) is 0 Å². The van der Waals surface area contributed by atoms with Crippen molar-refractivity contribution in [2.75, 3.05) is 38.1 Å². The molecule has 132 valence electrons. The number of piperazine rings is 1. The average Bonchev–Trinajstić information content (AvgIpc) is 3.03. The van der Waals surface area contributed by atoms with E-state index in [0.717, 1.165) is 13.1 Å². The molecule has 10 heteroatoms. The highest BCUT2D eigenvalue weighted by molar-refractivity contribution is 5.93. The molecule has 0 spiro atoms. The van der Waals surface area contributed by atoms with Gasteiger partial charge in [-0.1, -0.05) is 0 Å². The Labute approximate surface area is 139 Å². The van der Waals surface area contributed by atoms with Gasteiger partial charge in [-0.05, 0) is 19.2 Å². The van der Waals surface area contributed by atoms with Gasteiger partial charge in [-0.2, -0.15) is 22.8 Å². The number of hydrogen-bond donors (Lipinski definition) is 0. The summed E-state index contributed by atoms with van der Waals surface area (Å²) in [6.07, 6.45) is -3.60. The fraction of sp³-hybridized carbons (Fsp3) is 0.400. The number of hydrogen-bond acceptors (Lipinski definition) is 5. The van der Waals surface area contributed by atoms with Gasteiger partial charge in [0.05, 0.1) is 16.5 Å². The molecular weight excluding hydrogens is 340 g/mol. The summed E-state index contributed by atoms with van der Waals surface area (Å²) in [6, 6.07) is 1.89. The summed E-state index contributed by atoms with van der Waals surface area (Å²) in [5.41, 5.74) is -1.18. The molecule has 1 saturated heterocycles. The summed E-state index contributed by atoms with van der Waals surface area (Å²) >= 11 is 0. The molecule has 6 nitrogen and oxygen atoms in total. The Hall–Kier alpha value is -2.49. The minimum atomic E-state index is -4.79. The van der Waals surface area contributed by atoms with Crippen LogP contribution in [0.1, 0.15) is 5.56 Å². The summed E-state index contributed by atoms with van der Waals surface area (Å²) in [5.74, 6) is -0.923. The predicted octanol–water partition coefficient (Wildman–Crippen LogP) is 2.19. The van der Waals surface area contributed by atoms with Gasteiger partial charge >= 0.3 is 6.18 Å². The van der Waals surface area contributed by atoms with Crippen LogP contribution in [0.15, 0.2) is 18.5 Å². The quantitative estimate of drug-likeness (QED) is 0.627. The highest BCUT2D eigenvalue weighted by Crippen LogP contribution is 2.35. The van der Waals surface area contributed by atoms with Gasteiger partial charge in [0, 0.05) is 26.2 Å². The minimum Gasteiger partial charge on any atom is -0.338 e. The standard InChI is InChI=1S/C15H14F4N6/c1-23-4-6-24(7-5-23)14-22-10-3-2-9(15(17,18)19)12(16)11(10)13-20-8-21-25(13)14/h2-3,8H,4-7H2,1H3. The Balaban J connectivity index is 1.94. The minimum absolute atomic E-state index is 0.0301. The van der Waals surface area contributed by atoms with Crippen molar-refractivity contribution in [1.29, 1.82) is 0 Å². The van der Waals surface area contributed by atoms with E-state index in [1.807, 2.05) is 11.9 Å². The molecule has 2 aromatic heterocycles. The normalized spacial score (nSPS) is 16.9. The second kappa shape index (κ2) is 5.51. The van der Waals surface area contributed by atoms with Crippen LogP contribution in [-0.4, -0.2) is 57.7 Å². The molecule has 0 bridgehead atoms. The number of fused-ring (bicyclic) bond motifs is 3. The van der Waals surface area contributed by atoms with Gasteiger partial charge in [-0.15, -0.1) is 0 Å². The number of aromatic nitrogens is 4. The van der Waals surface area contributed by atoms with Crippen molar-refractivity contribution < 1.29 is 17.6 Å². The zero-order valence-electron chi connectivity index (χ0n) is 13.3. The Bertz CT molecular complexity index is 942. The lowest BCUT2D eigenvalue weighted by Crippen LogP contribution is -2.45. The van der Waals surface area contributed by atoms with Crippen LogP contribution < -0.4 is 4.90 Å². The first-order valence-corrected chi connectivity index (χ1v) is 7.69. The smallest absolute Gasteiger partial charge is 0.338 e. The monoisotopic (exact) mass is 354 g/mol. The molecule has 0 radical (unpaired) electrons. The van der Waals surface area contributed by atoms with Gasteiger partial charge in [0.2, 0.25) is 5.95 Å². The lowest BCUT2D eigenvalue weighted by molar-refractivity contribution is -0.139. The number of rotatable bonds is 1. The number of halogens is 4. The molecule has 3 aromatic rings. The van der Waals surface area contributed by atoms with Crippen LogP contribution in [-0.2, 0) is 6.18 Å². The Morgan fingerprint density at radius 3 is 2.48 bits per heavy atom. The van der Waals surface area contributed by atoms with E-state index >= 15 is 0 Å². The maximum atomic E-state index is 14.5. The first-order valence-electron chi connectivity index (χ1n) is 7.69. The Morgan fingerprint density at radius 1 is 1.08 bits per heavy atom. The van der Waals surface area contributed by atoms with E-state index in [1.54, 1.807) is 0 Å². The van der Waals surface area contributed by atoms with E-state index in [1.165, 1.54) is 16.9 Å². The number of anilines is 1. The topological polar surface area (TPSA) is 49.6 Å². The molecule has 0 aliphatic carbocycles. The molecular formula is C15H14F4N6. The second-order valence-corrected chi connectivity index (χ2v) is 6.02. The fourth-order valence-electron chi connectivity index (χ4n) is 3.02. The third kappa shape index (κ3) is 2.56. The highest BCUT2D eigenvalue weighted by atomic mass is 19.4. The highest BCUT2D eigenvalue weighted by Gasteiger charge is 2.35. The lowest BCUT2D eigenvalue weighted by atomic mass is 10.1. The zero-order valence-corrected chi connectivity index (χ0v) is 13.3. The zero-order chi connectivity index (χ0) is 17.8. The number of likely N-dealkylation sites (N-methyl/N-ethyl adjacent to an activating group) is 1. The largest absolute Gasteiger partial charge is 0.419 e. The number of alkyl halides is 3. The van der Waals surface area contributed by atoms with Crippen molar-refractivity contribution in [2.24, 2.45) is 0 Å². The molecule has 0 unspecified atom stereocenters. The molecule has 3 heterocycles. The van der Waals surface area contributed by atoms with Crippen molar-refractivity contribution >= 4 is 22.5 Å². The van der Waals surface area contributed by atoms with E-state index in [-0.39, 0.29) is 16.6 Å². The van der Waals surface area contributed by atoms with Gasteiger partial charge in [-0.3, -0.25) is 0 Å². The van der Waals surface area contributed by atoms with Crippen LogP contribution in [0.25, 0.3) is 16.6 Å². The summed E-state index contributed by atoms with van der Waals surface area (Å²) in [4.78, 5) is 12.5. The second-order valence-electron chi connectivity index (χ2n) is 6.02. The maximum absolute atomic E-state index is 14.5. The molecule has 0 saturated carbocycles. The first kappa shape index (κ1) is 16.0. The van der Waals surface area contributed by atoms with Crippen molar-refractivity contribution in [3.8, 4) is 0 Å². The lowest BCUT2D eigenvalue weighted by Gasteiger charge is -2.33. The summed E-state index contributed by atoms with van der Waals surface area (Å²) in [7, 11) is 2.00. The average molecular weight is 354 g/mol. The number of benzene rings is 1. The molecule has 4 rings (SSSR count). The van der Waals surface area contributed by atoms with Crippen LogP contribution in [0.5, 0.6) is 0 Å². The molecule has 0 amide bonds. The number of nitrogens with zero attached hydrogens (tertiary/aromatic N) is 6. The summed E-state index contributed by atoms with van der Waals surface area (Å²) in [5, 5.41) is 3.76. The van der Waals surface area contributed by atoms with Crippen LogP contribution in [0, 0.1) is 5.82 Å². The summed E-state index contributed by atoms with van der Waals surface area (Å²) < 4.78 is 54.8. The van der Waals surface area contributed by atoms with Crippen LogP contribution >= 0.6 is 0 Å².